The lowest BCUT2D eigenvalue weighted by Gasteiger charge is -2.28. The van der Waals surface area contributed by atoms with Crippen LogP contribution >= 0.6 is 0 Å². The second-order valence-corrected chi connectivity index (χ2v) is 5.29. The van der Waals surface area contributed by atoms with E-state index in [1.165, 1.54) is 0 Å². The molecule has 1 aromatic carbocycles. The highest BCUT2D eigenvalue weighted by molar-refractivity contribution is 5.95. The summed E-state index contributed by atoms with van der Waals surface area (Å²) in [6.07, 6.45) is 1.06. The predicted molar refractivity (Wildman–Crippen MR) is 80.2 cm³/mol. The summed E-state index contributed by atoms with van der Waals surface area (Å²) >= 11 is 0. The first-order chi connectivity index (χ1) is 10.0. The fraction of sp³-hybridized carbons (Fsp3) is 0.400. The van der Waals surface area contributed by atoms with E-state index < -0.39 is 16.9 Å². The van der Waals surface area contributed by atoms with Crippen molar-refractivity contribution in [3.8, 4) is 0 Å². The van der Waals surface area contributed by atoms with E-state index in [0.717, 1.165) is 0 Å². The molecule has 3 N–H and O–H groups in total. The SMILES string of the molecule is CCC(C)(CCO)NC(=O)c1n[nH]c2ccccc2c1=O. The minimum Gasteiger partial charge on any atom is -0.396 e. The predicted octanol–water partition coefficient (Wildman–Crippen LogP) is 1.20. The van der Waals surface area contributed by atoms with Crippen LogP contribution in [0.2, 0.25) is 0 Å². The molecule has 1 unspecified atom stereocenters. The van der Waals surface area contributed by atoms with Crippen molar-refractivity contribution < 1.29 is 9.90 Å². The zero-order valence-corrected chi connectivity index (χ0v) is 12.1. The molecule has 1 atom stereocenters. The number of carbonyl (C=O) groups excluding carboxylic acids is 1. The second kappa shape index (κ2) is 6.05. The molecule has 21 heavy (non-hydrogen) atoms. The molecule has 112 valence electrons. The number of amides is 1. The number of nitrogens with zero attached hydrogens (tertiary/aromatic N) is 1. The molecule has 0 bridgehead atoms. The highest BCUT2D eigenvalue weighted by Crippen LogP contribution is 2.14. The standard InChI is InChI=1S/C15H19N3O3/c1-3-15(2,8-9-19)16-14(21)12-13(20)10-6-4-5-7-11(10)17-18-12/h4-7,19H,3,8-9H2,1-2H3,(H,16,21)(H,17,20). The summed E-state index contributed by atoms with van der Waals surface area (Å²) in [5.41, 5.74) is -0.533. The van der Waals surface area contributed by atoms with Gasteiger partial charge in [-0.15, -0.1) is 0 Å². The highest BCUT2D eigenvalue weighted by atomic mass is 16.3. The Kier molecular flexibility index (Phi) is 4.37. The number of para-hydroxylation sites is 1. The van der Waals surface area contributed by atoms with Crippen LogP contribution in [0, 0.1) is 0 Å². The van der Waals surface area contributed by atoms with Crippen molar-refractivity contribution >= 4 is 16.8 Å². The summed E-state index contributed by atoms with van der Waals surface area (Å²) in [7, 11) is 0. The van der Waals surface area contributed by atoms with Crippen LogP contribution in [-0.2, 0) is 0 Å². The van der Waals surface area contributed by atoms with E-state index in [4.69, 9.17) is 5.11 Å². The number of hydrogen-bond acceptors (Lipinski definition) is 4. The maximum Gasteiger partial charge on any atom is 0.276 e. The van der Waals surface area contributed by atoms with Gasteiger partial charge in [0.05, 0.1) is 5.52 Å². The molecule has 6 nitrogen and oxygen atoms in total. The van der Waals surface area contributed by atoms with Crippen molar-refractivity contribution in [1.29, 1.82) is 0 Å². The van der Waals surface area contributed by atoms with Gasteiger partial charge in [-0.05, 0) is 31.9 Å². The topological polar surface area (TPSA) is 95.1 Å². The van der Waals surface area contributed by atoms with E-state index in [1.54, 1.807) is 24.3 Å². The summed E-state index contributed by atoms with van der Waals surface area (Å²) in [6.45, 7) is 3.70. The van der Waals surface area contributed by atoms with Crippen molar-refractivity contribution in [3.63, 3.8) is 0 Å². The van der Waals surface area contributed by atoms with Crippen molar-refractivity contribution in [3.05, 3.63) is 40.2 Å². The third kappa shape index (κ3) is 3.11. The fourth-order valence-electron chi connectivity index (χ4n) is 2.13. The van der Waals surface area contributed by atoms with Gasteiger partial charge < -0.3 is 10.4 Å². The van der Waals surface area contributed by atoms with Gasteiger partial charge in [0.15, 0.2) is 5.69 Å². The summed E-state index contributed by atoms with van der Waals surface area (Å²) in [4.78, 5) is 24.6. The molecular weight excluding hydrogens is 270 g/mol. The van der Waals surface area contributed by atoms with Gasteiger partial charge in [-0.3, -0.25) is 14.7 Å². The molecule has 2 rings (SSSR count). The first-order valence-corrected chi connectivity index (χ1v) is 6.91. The number of benzene rings is 1. The number of aliphatic hydroxyl groups is 1. The van der Waals surface area contributed by atoms with Crippen LogP contribution in [0.5, 0.6) is 0 Å². The number of hydrogen-bond donors (Lipinski definition) is 3. The molecule has 0 aliphatic heterocycles. The molecule has 0 radical (unpaired) electrons. The van der Waals surface area contributed by atoms with Crippen LogP contribution in [0.3, 0.4) is 0 Å². The van der Waals surface area contributed by atoms with E-state index in [9.17, 15) is 9.59 Å². The van der Waals surface area contributed by atoms with Gasteiger partial charge in [0.2, 0.25) is 5.43 Å². The van der Waals surface area contributed by atoms with Gasteiger partial charge in [-0.2, -0.15) is 5.10 Å². The van der Waals surface area contributed by atoms with Crippen LogP contribution in [-0.4, -0.2) is 33.4 Å². The van der Waals surface area contributed by atoms with Gasteiger partial charge >= 0.3 is 0 Å². The lowest BCUT2D eigenvalue weighted by molar-refractivity contribution is 0.0879. The van der Waals surface area contributed by atoms with Crippen molar-refractivity contribution in [2.75, 3.05) is 6.61 Å². The number of aromatic amines is 1. The monoisotopic (exact) mass is 289 g/mol. The fourth-order valence-corrected chi connectivity index (χ4v) is 2.13. The molecule has 0 aliphatic carbocycles. The minimum absolute atomic E-state index is 0.0356. The van der Waals surface area contributed by atoms with Gasteiger partial charge in [0.25, 0.3) is 5.91 Å². The number of rotatable bonds is 5. The largest absolute Gasteiger partial charge is 0.396 e. The van der Waals surface area contributed by atoms with Gasteiger partial charge in [-0.25, -0.2) is 0 Å². The molecule has 0 aliphatic rings. The molecule has 0 saturated heterocycles. The zero-order chi connectivity index (χ0) is 15.5. The van der Waals surface area contributed by atoms with Crippen molar-refractivity contribution in [2.45, 2.75) is 32.2 Å². The van der Waals surface area contributed by atoms with E-state index >= 15 is 0 Å². The van der Waals surface area contributed by atoms with Crippen LogP contribution in [0.1, 0.15) is 37.2 Å². The third-order valence-corrected chi connectivity index (χ3v) is 3.75. The van der Waals surface area contributed by atoms with Gasteiger partial charge in [0, 0.05) is 17.5 Å². The normalized spacial score (nSPS) is 13.9. The molecule has 0 spiro atoms. The lowest BCUT2D eigenvalue weighted by atomic mass is 9.94. The summed E-state index contributed by atoms with van der Waals surface area (Å²) in [5, 5.41) is 18.9. The van der Waals surface area contributed by atoms with Crippen LogP contribution in [0.4, 0.5) is 0 Å². The molecule has 6 heteroatoms. The Bertz CT molecular complexity index is 711. The first-order valence-electron chi connectivity index (χ1n) is 6.91. The third-order valence-electron chi connectivity index (χ3n) is 3.75. The maximum absolute atomic E-state index is 12.3. The Hall–Kier alpha value is -2.21. The Morgan fingerprint density at radius 1 is 1.43 bits per heavy atom. The van der Waals surface area contributed by atoms with Crippen molar-refractivity contribution in [2.24, 2.45) is 0 Å². The first kappa shape index (κ1) is 15.2. The number of nitrogens with one attached hydrogen (secondary N) is 2. The van der Waals surface area contributed by atoms with E-state index in [0.29, 0.717) is 23.7 Å². The molecule has 2 aromatic rings. The van der Waals surface area contributed by atoms with Gasteiger partial charge in [-0.1, -0.05) is 19.1 Å². The van der Waals surface area contributed by atoms with E-state index in [1.807, 2.05) is 13.8 Å². The zero-order valence-electron chi connectivity index (χ0n) is 12.1. The second-order valence-electron chi connectivity index (χ2n) is 5.29. The van der Waals surface area contributed by atoms with Gasteiger partial charge in [0.1, 0.15) is 0 Å². The van der Waals surface area contributed by atoms with Crippen LogP contribution in [0.15, 0.2) is 29.1 Å². The summed E-state index contributed by atoms with van der Waals surface area (Å²) in [6, 6.07) is 6.91. The van der Waals surface area contributed by atoms with Crippen LogP contribution < -0.4 is 10.7 Å². The molecule has 0 saturated carbocycles. The van der Waals surface area contributed by atoms with E-state index in [-0.39, 0.29) is 12.3 Å². The van der Waals surface area contributed by atoms with Crippen molar-refractivity contribution in [1.82, 2.24) is 15.5 Å². The molecule has 1 amide bonds. The number of fused-ring (bicyclic) bond motifs is 1. The highest BCUT2D eigenvalue weighted by Gasteiger charge is 2.26. The number of carbonyl (C=O) groups is 1. The van der Waals surface area contributed by atoms with E-state index in [2.05, 4.69) is 15.5 Å². The molecule has 0 fully saturated rings. The Balaban J connectivity index is 2.36. The molecule has 1 heterocycles. The number of H-pyrrole nitrogens is 1. The quantitative estimate of drug-likeness (QED) is 0.771. The summed E-state index contributed by atoms with van der Waals surface area (Å²) < 4.78 is 0. The maximum atomic E-state index is 12.3. The Labute approximate surface area is 122 Å². The average molecular weight is 289 g/mol. The smallest absolute Gasteiger partial charge is 0.276 e. The number of aromatic nitrogens is 2. The lowest BCUT2D eigenvalue weighted by Crippen LogP contribution is -2.47. The average Bonchev–Trinajstić information content (AvgIpc) is 2.48. The Morgan fingerprint density at radius 2 is 2.14 bits per heavy atom. The molecule has 1 aromatic heterocycles. The Morgan fingerprint density at radius 3 is 2.81 bits per heavy atom. The van der Waals surface area contributed by atoms with Crippen LogP contribution in [0.25, 0.3) is 10.9 Å². The number of aliphatic hydroxyl groups excluding tert-OH is 1. The minimum atomic E-state index is -0.564. The molecular formula is C15H19N3O3. The summed E-state index contributed by atoms with van der Waals surface area (Å²) in [5.74, 6) is -0.528.